The molecular formula is C20H20N2O4S. The first-order chi connectivity index (χ1) is 13.1. The lowest BCUT2D eigenvalue weighted by Crippen LogP contribution is -2.53. The smallest absolute Gasteiger partial charge is 0.344 e. The highest BCUT2D eigenvalue weighted by Gasteiger charge is 2.32. The predicted octanol–water partition coefficient (Wildman–Crippen LogP) is 3.42. The molecule has 0 bridgehead atoms. The molecule has 6 nitrogen and oxygen atoms in total. The van der Waals surface area contributed by atoms with Gasteiger partial charge in [-0.1, -0.05) is 29.5 Å². The topological polar surface area (TPSA) is 60.9 Å². The minimum atomic E-state index is -0.355. The summed E-state index contributed by atoms with van der Waals surface area (Å²) in [5.74, 6) is 1.09. The number of nitrogens with zero attached hydrogens (tertiary/aromatic N) is 2. The highest BCUT2D eigenvalue weighted by Crippen LogP contribution is 2.35. The largest absolute Gasteiger partial charge is 0.494 e. The number of hydrogen-bond donors (Lipinski definition) is 0. The third-order valence-corrected chi connectivity index (χ3v) is 5.43. The number of methoxy groups -OCH3 is 1. The Bertz CT molecular complexity index is 966. The second-order valence-electron chi connectivity index (χ2n) is 6.43. The number of carbonyl (C=O) groups excluding carboxylic acids is 1. The minimum absolute atomic E-state index is 0.0850. The van der Waals surface area contributed by atoms with Crippen molar-refractivity contribution in [2.24, 2.45) is 0 Å². The van der Waals surface area contributed by atoms with Gasteiger partial charge in [0.1, 0.15) is 23.1 Å². The normalized spacial score (nSPS) is 14.1. The van der Waals surface area contributed by atoms with E-state index in [1.165, 1.54) is 0 Å². The number of hydrogen-bond acceptors (Lipinski definition) is 7. The van der Waals surface area contributed by atoms with E-state index in [0.717, 1.165) is 26.7 Å². The van der Waals surface area contributed by atoms with Crippen LogP contribution in [0.4, 0.5) is 5.13 Å². The first kappa shape index (κ1) is 17.6. The fourth-order valence-corrected chi connectivity index (χ4v) is 3.95. The summed E-state index contributed by atoms with van der Waals surface area (Å²) in [5.41, 5.74) is 1.95. The second-order valence-corrected chi connectivity index (χ2v) is 7.43. The Balaban J connectivity index is 1.29. The SMILES string of the molecule is COc1cccc2sc(N3CC(OC(=O)COc4cccc(C)c4)C3)nc12. The van der Waals surface area contributed by atoms with E-state index in [1.807, 2.05) is 49.4 Å². The molecule has 1 fully saturated rings. The zero-order valence-electron chi connectivity index (χ0n) is 15.2. The van der Waals surface area contributed by atoms with Crippen molar-refractivity contribution in [3.05, 3.63) is 48.0 Å². The van der Waals surface area contributed by atoms with E-state index in [4.69, 9.17) is 14.2 Å². The van der Waals surface area contributed by atoms with E-state index in [-0.39, 0.29) is 18.7 Å². The van der Waals surface area contributed by atoms with Crippen molar-refractivity contribution in [3.63, 3.8) is 0 Å². The van der Waals surface area contributed by atoms with Gasteiger partial charge in [0, 0.05) is 0 Å². The quantitative estimate of drug-likeness (QED) is 0.607. The Kier molecular flexibility index (Phi) is 4.85. The van der Waals surface area contributed by atoms with Crippen LogP contribution in [0.1, 0.15) is 5.56 Å². The van der Waals surface area contributed by atoms with E-state index in [0.29, 0.717) is 18.8 Å². The fourth-order valence-electron chi connectivity index (χ4n) is 2.95. The Morgan fingerprint density at radius 3 is 2.85 bits per heavy atom. The van der Waals surface area contributed by atoms with E-state index >= 15 is 0 Å². The highest BCUT2D eigenvalue weighted by atomic mass is 32.1. The number of esters is 1. The predicted molar refractivity (Wildman–Crippen MR) is 105 cm³/mol. The molecule has 0 amide bonds. The van der Waals surface area contributed by atoms with Crippen molar-refractivity contribution in [3.8, 4) is 11.5 Å². The maximum absolute atomic E-state index is 12.0. The van der Waals surface area contributed by atoms with Crippen molar-refractivity contribution in [2.45, 2.75) is 13.0 Å². The number of aryl methyl sites for hydroxylation is 1. The molecule has 0 saturated carbocycles. The summed E-state index contributed by atoms with van der Waals surface area (Å²) < 4.78 is 17.4. The number of thiazole rings is 1. The van der Waals surface area contributed by atoms with Gasteiger partial charge in [-0.2, -0.15) is 0 Å². The van der Waals surface area contributed by atoms with Gasteiger partial charge in [0.15, 0.2) is 11.7 Å². The van der Waals surface area contributed by atoms with E-state index < -0.39 is 0 Å². The van der Waals surface area contributed by atoms with E-state index in [9.17, 15) is 4.79 Å². The lowest BCUT2D eigenvalue weighted by Gasteiger charge is -2.38. The molecule has 27 heavy (non-hydrogen) atoms. The van der Waals surface area contributed by atoms with Gasteiger partial charge in [0.2, 0.25) is 0 Å². The van der Waals surface area contributed by atoms with E-state index in [2.05, 4.69) is 9.88 Å². The third kappa shape index (κ3) is 3.83. The van der Waals surface area contributed by atoms with Crippen LogP contribution in [-0.4, -0.2) is 43.9 Å². The maximum atomic E-state index is 12.0. The number of fused-ring (bicyclic) bond motifs is 1. The number of carbonyl (C=O) groups is 1. The molecule has 1 saturated heterocycles. The maximum Gasteiger partial charge on any atom is 0.344 e. The average Bonchev–Trinajstić information content (AvgIpc) is 3.06. The van der Waals surface area contributed by atoms with Crippen LogP contribution in [0.2, 0.25) is 0 Å². The van der Waals surface area contributed by atoms with Crippen LogP contribution in [0.5, 0.6) is 11.5 Å². The lowest BCUT2D eigenvalue weighted by molar-refractivity contribution is -0.152. The molecule has 0 unspecified atom stereocenters. The van der Waals surface area contributed by atoms with Gasteiger partial charge in [0.25, 0.3) is 0 Å². The summed E-state index contributed by atoms with van der Waals surface area (Å²) >= 11 is 1.61. The summed E-state index contributed by atoms with van der Waals surface area (Å²) in [4.78, 5) is 18.7. The summed E-state index contributed by atoms with van der Waals surface area (Å²) in [6, 6.07) is 13.5. The van der Waals surface area contributed by atoms with E-state index in [1.54, 1.807) is 18.4 Å². The summed E-state index contributed by atoms with van der Waals surface area (Å²) in [6.45, 7) is 3.17. The molecule has 0 spiro atoms. The van der Waals surface area contributed by atoms with Crippen molar-refractivity contribution >= 4 is 32.7 Å². The minimum Gasteiger partial charge on any atom is -0.494 e. The standard InChI is InChI=1S/C20H20N2O4S/c1-13-5-3-6-14(9-13)25-12-18(23)26-15-10-22(11-15)20-21-19-16(24-2)7-4-8-17(19)27-20/h3-9,15H,10-12H2,1-2H3. The number of anilines is 1. The van der Waals surface area contributed by atoms with Crippen LogP contribution >= 0.6 is 11.3 Å². The summed E-state index contributed by atoms with van der Waals surface area (Å²) in [6.07, 6.45) is -0.132. The van der Waals surface area contributed by atoms with Gasteiger partial charge in [-0.3, -0.25) is 0 Å². The third-order valence-electron chi connectivity index (χ3n) is 4.35. The first-order valence-corrected chi connectivity index (χ1v) is 9.51. The zero-order chi connectivity index (χ0) is 18.8. The number of benzene rings is 2. The van der Waals surface area contributed by atoms with Crippen LogP contribution < -0.4 is 14.4 Å². The molecule has 1 aromatic heterocycles. The van der Waals surface area contributed by atoms with Crippen LogP contribution in [0, 0.1) is 6.92 Å². The lowest BCUT2D eigenvalue weighted by atomic mass is 10.2. The van der Waals surface area contributed by atoms with Crippen molar-refractivity contribution < 1.29 is 19.0 Å². The first-order valence-electron chi connectivity index (χ1n) is 8.70. The Morgan fingerprint density at radius 2 is 2.07 bits per heavy atom. The zero-order valence-corrected chi connectivity index (χ0v) is 16.0. The Hall–Kier alpha value is -2.80. The van der Waals surface area contributed by atoms with Crippen LogP contribution in [0.15, 0.2) is 42.5 Å². The van der Waals surface area contributed by atoms with Crippen LogP contribution in [0.25, 0.3) is 10.2 Å². The number of ether oxygens (including phenoxy) is 3. The van der Waals surface area contributed by atoms with Crippen LogP contribution in [0.3, 0.4) is 0 Å². The molecule has 0 atom stereocenters. The van der Waals surface area contributed by atoms with Crippen molar-refractivity contribution in [1.29, 1.82) is 0 Å². The van der Waals surface area contributed by atoms with Gasteiger partial charge in [-0.05, 0) is 36.8 Å². The number of para-hydroxylation sites is 1. The monoisotopic (exact) mass is 384 g/mol. The molecular weight excluding hydrogens is 364 g/mol. The molecule has 2 aromatic carbocycles. The number of aromatic nitrogens is 1. The average molecular weight is 384 g/mol. The van der Waals surface area contributed by atoms with Gasteiger partial charge >= 0.3 is 5.97 Å². The van der Waals surface area contributed by atoms with Crippen molar-refractivity contribution in [1.82, 2.24) is 4.98 Å². The van der Waals surface area contributed by atoms with Gasteiger partial charge in [-0.15, -0.1) is 0 Å². The fraction of sp³-hybridized carbons (Fsp3) is 0.300. The molecule has 1 aliphatic rings. The summed E-state index contributed by atoms with van der Waals surface area (Å²) in [7, 11) is 1.64. The molecule has 2 heterocycles. The van der Waals surface area contributed by atoms with Gasteiger partial charge < -0.3 is 19.1 Å². The summed E-state index contributed by atoms with van der Waals surface area (Å²) in [5, 5.41) is 0.915. The van der Waals surface area contributed by atoms with Crippen LogP contribution in [-0.2, 0) is 9.53 Å². The molecule has 1 aliphatic heterocycles. The van der Waals surface area contributed by atoms with Gasteiger partial charge in [-0.25, -0.2) is 9.78 Å². The van der Waals surface area contributed by atoms with Crippen molar-refractivity contribution in [2.75, 3.05) is 31.7 Å². The second kappa shape index (κ2) is 7.44. The molecule has 0 N–H and O–H groups in total. The molecule has 140 valence electrons. The molecule has 7 heteroatoms. The Morgan fingerprint density at radius 1 is 1.26 bits per heavy atom. The highest BCUT2D eigenvalue weighted by molar-refractivity contribution is 7.22. The Labute approximate surface area is 161 Å². The van der Waals surface area contributed by atoms with Gasteiger partial charge in [0.05, 0.1) is 24.9 Å². The molecule has 4 rings (SSSR count). The number of rotatable bonds is 6. The molecule has 3 aromatic rings. The molecule has 0 aliphatic carbocycles. The molecule has 0 radical (unpaired) electrons.